The van der Waals surface area contributed by atoms with Gasteiger partial charge >= 0.3 is 0 Å². The molecular weight excluding hydrogens is 224 g/mol. The summed E-state index contributed by atoms with van der Waals surface area (Å²) in [5.74, 6) is 0.747. The molecule has 0 spiro atoms. The summed E-state index contributed by atoms with van der Waals surface area (Å²) in [6.07, 6.45) is 3.66. The first kappa shape index (κ1) is 15.9. The number of morpholine rings is 1. The summed E-state index contributed by atoms with van der Waals surface area (Å²) in [6, 6.07) is 1.25. The lowest BCUT2D eigenvalue weighted by atomic mass is 9.97. The number of hydrogen-bond donors (Lipinski definition) is 1. The lowest BCUT2D eigenvalue weighted by Crippen LogP contribution is -2.52. The molecule has 18 heavy (non-hydrogen) atoms. The van der Waals surface area contributed by atoms with E-state index in [1.807, 2.05) is 0 Å². The van der Waals surface area contributed by atoms with Crippen molar-refractivity contribution >= 4 is 0 Å². The first-order valence-corrected chi connectivity index (χ1v) is 7.78. The fourth-order valence-corrected chi connectivity index (χ4v) is 2.62. The lowest BCUT2D eigenvalue weighted by Gasteiger charge is -2.39. The van der Waals surface area contributed by atoms with Crippen LogP contribution in [0.2, 0.25) is 0 Å². The SMILES string of the molecule is CCCNC(CN1CCOCC1CC)C(C)CC. The topological polar surface area (TPSA) is 24.5 Å². The Kier molecular flexibility index (Phi) is 7.87. The first-order chi connectivity index (χ1) is 8.72. The van der Waals surface area contributed by atoms with Crippen molar-refractivity contribution < 1.29 is 4.74 Å². The molecule has 3 nitrogen and oxygen atoms in total. The Morgan fingerprint density at radius 1 is 1.33 bits per heavy atom. The molecule has 3 atom stereocenters. The largest absolute Gasteiger partial charge is 0.378 e. The molecule has 1 aliphatic rings. The summed E-state index contributed by atoms with van der Waals surface area (Å²) in [5, 5.41) is 3.73. The third-order valence-electron chi connectivity index (χ3n) is 4.24. The maximum Gasteiger partial charge on any atom is 0.0622 e. The van der Waals surface area contributed by atoms with Crippen molar-refractivity contribution in [2.75, 3.05) is 32.8 Å². The van der Waals surface area contributed by atoms with Crippen molar-refractivity contribution in [1.82, 2.24) is 10.2 Å². The van der Waals surface area contributed by atoms with Crippen molar-refractivity contribution in [3.8, 4) is 0 Å². The zero-order valence-electron chi connectivity index (χ0n) is 12.7. The lowest BCUT2D eigenvalue weighted by molar-refractivity contribution is -0.0151. The van der Waals surface area contributed by atoms with Crippen LogP contribution in [-0.4, -0.2) is 49.8 Å². The van der Waals surface area contributed by atoms with Crippen LogP contribution in [0.3, 0.4) is 0 Å². The minimum absolute atomic E-state index is 0.619. The van der Waals surface area contributed by atoms with Gasteiger partial charge in [-0.05, 0) is 25.3 Å². The molecule has 1 N–H and O–H groups in total. The third kappa shape index (κ3) is 4.87. The Balaban J connectivity index is 2.51. The fraction of sp³-hybridized carbons (Fsp3) is 1.00. The summed E-state index contributed by atoms with van der Waals surface area (Å²) in [6.45, 7) is 14.4. The van der Waals surface area contributed by atoms with Gasteiger partial charge < -0.3 is 10.1 Å². The monoisotopic (exact) mass is 256 g/mol. The molecule has 0 amide bonds. The van der Waals surface area contributed by atoms with Crippen molar-refractivity contribution in [3.63, 3.8) is 0 Å². The molecule has 0 aromatic rings. The molecule has 1 heterocycles. The first-order valence-electron chi connectivity index (χ1n) is 7.78. The van der Waals surface area contributed by atoms with Crippen LogP contribution < -0.4 is 5.32 Å². The molecule has 0 bridgehead atoms. The highest BCUT2D eigenvalue weighted by Crippen LogP contribution is 2.15. The number of hydrogen-bond acceptors (Lipinski definition) is 3. The van der Waals surface area contributed by atoms with Gasteiger partial charge in [0.15, 0.2) is 0 Å². The second-order valence-electron chi connectivity index (χ2n) is 5.58. The Morgan fingerprint density at radius 3 is 2.72 bits per heavy atom. The second kappa shape index (κ2) is 8.89. The van der Waals surface area contributed by atoms with Crippen molar-refractivity contribution in [3.05, 3.63) is 0 Å². The van der Waals surface area contributed by atoms with E-state index in [9.17, 15) is 0 Å². The van der Waals surface area contributed by atoms with E-state index in [1.54, 1.807) is 0 Å². The molecule has 0 aromatic heterocycles. The zero-order valence-corrected chi connectivity index (χ0v) is 12.7. The fourth-order valence-electron chi connectivity index (χ4n) is 2.62. The number of nitrogens with zero attached hydrogens (tertiary/aromatic N) is 1. The van der Waals surface area contributed by atoms with Gasteiger partial charge in [-0.15, -0.1) is 0 Å². The quantitative estimate of drug-likeness (QED) is 0.722. The predicted octanol–water partition coefficient (Wildman–Crippen LogP) is 2.51. The second-order valence-corrected chi connectivity index (χ2v) is 5.58. The standard InChI is InChI=1S/C15H32N2O/c1-5-8-16-15(13(4)6-2)11-17-9-10-18-12-14(17)7-3/h13-16H,5-12H2,1-4H3. The maximum absolute atomic E-state index is 5.59. The van der Waals surface area contributed by atoms with E-state index in [4.69, 9.17) is 4.74 Å². The van der Waals surface area contributed by atoms with Crippen LogP contribution in [0.4, 0.5) is 0 Å². The highest BCUT2D eigenvalue weighted by molar-refractivity contribution is 4.82. The van der Waals surface area contributed by atoms with E-state index in [1.165, 1.54) is 25.8 Å². The van der Waals surface area contributed by atoms with E-state index >= 15 is 0 Å². The minimum Gasteiger partial charge on any atom is -0.378 e. The summed E-state index contributed by atoms with van der Waals surface area (Å²) in [4.78, 5) is 2.63. The highest BCUT2D eigenvalue weighted by atomic mass is 16.5. The Labute approximate surface area is 113 Å². The summed E-state index contributed by atoms with van der Waals surface area (Å²) in [5.41, 5.74) is 0. The van der Waals surface area contributed by atoms with Crippen LogP contribution in [0.1, 0.15) is 47.0 Å². The van der Waals surface area contributed by atoms with Gasteiger partial charge in [-0.3, -0.25) is 4.90 Å². The van der Waals surface area contributed by atoms with Crippen LogP contribution in [0.5, 0.6) is 0 Å². The summed E-state index contributed by atoms with van der Waals surface area (Å²) >= 11 is 0. The van der Waals surface area contributed by atoms with Crippen LogP contribution in [0, 0.1) is 5.92 Å². The van der Waals surface area contributed by atoms with Crippen LogP contribution in [0.25, 0.3) is 0 Å². The van der Waals surface area contributed by atoms with Crippen molar-refractivity contribution in [2.45, 2.75) is 59.0 Å². The van der Waals surface area contributed by atoms with E-state index < -0.39 is 0 Å². The average molecular weight is 256 g/mol. The molecule has 3 heteroatoms. The van der Waals surface area contributed by atoms with E-state index in [0.717, 1.165) is 32.2 Å². The molecule has 0 aliphatic carbocycles. The maximum atomic E-state index is 5.59. The van der Waals surface area contributed by atoms with Crippen LogP contribution >= 0.6 is 0 Å². The number of rotatable bonds is 8. The van der Waals surface area contributed by atoms with Gasteiger partial charge in [-0.1, -0.05) is 34.1 Å². The van der Waals surface area contributed by atoms with E-state index in [2.05, 4.69) is 37.9 Å². The van der Waals surface area contributed by atoms with Gasteiger partial charge in [0.1, 0.15) is 0 Å². The van der Waals surface area contributed by atoms with Gasteiger partial charge in [0, 0.05) is 25.2 Å². The Hall–Kier alpha value is -0.120. The molecule has 0 saturated carbocycles. The van der Waals surface area contributed by atoms with Gasteiger partial charge in [-0.25, -0.2) is 0 Å². The molecule has 0 aromatic carbocycles. The number of nitrogens with one attached hydrogen (secondary N) is 1. The van der Waals surface area contributed by atoms with E-state index in [-0.39, 0.29) is 0 Å². The minimum atomic E-state index is 0.619. The molecule has 3 unspecified atom stereocenters. The molecule has 0 radical (unpaired) electrons. The number of ether oxygens (including phenoxy) is 1. The average Bonchev–Trinajstić information content (AvgIpc) is 2.42. The summed E-state index contributed by atoms with van der Waals surface area (Å²) < 4.78 is 5.59. The van der Waals surface area contributed by atoms with Gasteiger partial charge in [0.05, 0.1) is 13.2 Å². The molecule has 1 rings (SSSR count). The molecule has 1 aliphatic heterocycles. The zero-order chi connectivity index (χ0) is 13.4. The molecule has 1 fully saturated rings. The molecule has 1 saturated heterocycles. The molecular formula is C15H32N2O. The van der Waals surface area contributed by atoms with Crippen LogP contribution in [0.15, 0.2) is 0 Å². The third-order valence-corrected chi connectivity index (χ3v) is 4.24. The molecule has 108 valence electrons. The normalized spacial score (nSPS) is 25.0. The summed E-state index contributed by atoms with van der Waals surface area (Å²) in [7, 11) is 0. The van der Waals surface area contributed by atoms with Crippen molar-refractivity contribution in [2.24, 2.45) is 5.92 Å². The predicted molar refractivity (Wildman–Crippen MR) is 78.0 cm³/mol. The van der Waals surface area contributed by atoms with Gasteiger partial charge in [0.2, 0.25) is 0 Å². The smallest absolute Gasteiger partial charge is 0.0622 e. The van der Waals surface area contributed by atoms with Gasteiger partial charge in [0.25, 0.3) is 0 Å². The Bertz CT molecular complexity index is 211. The highest BCUT2D eigenvalue weighted by Gasteiger charge is 2.25. The van der Waals surface area contributed by atoms with Crippen LogP contribution in [-0.2, 0) is 4.74 Å². The van der Waals surface area contributed by atoms with E-state index in [0.29, 0.717) is 12.1 Å². The van der Waals surface area contributed by atoms with Gasteiger partial charge in [-0.2, -0.15) is 0 Å². The van der Waals surface area contributed by atoms with Crippen molar-refractivity contribution in [1.29, 1.82) is 0 Å². The Morgan fingerprint density at radius 2 is 2.11 bits per heavy atom.